The van der Waals surface area contributed by atoms with E-state index in [1.165, 1.54) is 0 Å². The highest BCUT2D eigenvalue weighted by Gasteiger charge is 2.50. The van der Waals surface area contributed by atoms with Crippen LogP contribution in [0.5, 0.6) is 0 Å². The number of ether oxygens (including phenoxy) is 2. The maximum atomic E-state index is 12.2. The second-order valence-electron chi connectivity index (χ2n) is 7.75. The number of aryl methyl sites for hydroxylation is 1. The van der Waals surface area contributed by atoms with E-state index in [2.05, 4.69) is 10.1 Å². The quantitative estimate of drug-likeness (QED) is 0.765. The first-order valence-electron chi connectivity index (χ1n) is 9.22. The molecule has 4 heterocycles. The molecule has 1 aromatic heterocycles. The summed E-state index contributed by atoms with van der Waals surface area (Å²) < 4.78 is 16.8. The summed E-state index contributed by atoms with van der Waals surface area (Å²) in [5.74, 6) is 1.43. The second-order valence-corrected chi connectivity index (χ2v) is 7.75. The van der Waals surface area contributed by atoms with Crippen LogP contribution in [0.3, 0.4) is 0 Å². The summed E-state index contributed by atoms with van der Waals surface area (Å²) in [7, 11) is 0. The lowest BCUT2D eigenvalue weighted by atomic mass is 9.82. The Balaban J connectivity index is 1.30. The largest absolute Gasteiger partial charge is 0.380 e. The van der Waals surface area contributed by atoms with E-state index in [0.29, 0.717) is 19.1 Å². The minimum atomic E-state index is 0.00404. The molecule has 1 amide bonds. The molecule has 0 radical (unpaired) electrons. The molecule has 7 nitrogen and oxygen atoms in total. The highest BCUT2D eigenvalue weighted by molar-refractivity contribution is 5.77. The predicted molar refractivity (Wildman–Crippen MR) is 89.9 cm³/mol. The summed E-state index contributed by atoms with van der Waals surface area (Å²) in [5, 5.41) is 4.10. The van der Waals surface area contributed by atoms with E-state index < -0.39 is 0 Å². The Kier molecular flexibility index (Phi) is 4.80. The van der Waals surface area contributed by atoms with Gasteiger partial charge in [-0.15, -0.1) is 0 Å². The lowest BCUT2D eigenvalue weighted by Gasteiger charge is -2.27. The van der Waals surface area contributed by atoms with Gasteiger partial charge in [-0.3, -0.25) is 9.69 Å². The molecule has 3 saturated heterocycles. The SMILES string of the molecule is Cc1cc(CN2C[C@@H]3COC[C@]3(COCC(=O)N3CCCC3)C2)no1. The van der Waals surface area contributed by atoms with Gasteiger partial charge in [0.05, 0.1) is 25.5 Å². The van der Waals surface area contributed by atoms with Crippen LogP contribution in [-0.2, 0) is 20.8 Å². The number of hydrogen-bond acceptors (Lipinski definition) is 6. The van der Waals surface area contributed by atoms with Crippen molar-refractivity contribution in [2.24, 2.45) is 11.3 Å². The number of aromatic nitrogens is 1. The number of hydrogen-bond donors (Lipinski definition) is 0. The molecule has 7 heteroatoms. The third kappa shape index (κ3) is 3.59. The van der Waals surface area contributed by atoms with Crippen LogP contribution in [0.1, 0.15) is 24.3 Å². The van der Waals surface area contributed by atoms with Crippen molar-refractivity contribution in [3.63, 3.8) is 0 Å². The average Bonchev–Trinajstić information content (AvgIpc) is 3.32. The van der Waals surface area contributed by atoms with Gasteiger partial charge in [-0.05, 0) is 19.8 Å². The molecule has 0 aliphatic carbocycles. The predicted octanol–water partition coefficient (Wildman–Crippen LogP) is 1.07. The van der Waals surface area contributed by atoms with E-state index in [1.54, 1.807) is 0 Å². The third-order valence-corrected chi connectivity index (χ3v) is 5.73. The van der Waals surface area contributed by atoms with Crippen molar-refractivity contribution >= 4 is 5.91 Å². The minimum absolute atomic E-state index is 0.00404. The third-order valence-electron chi connectivity index (χ3n) is 5.73. The van der Waals surface area contributed by atoms with E-state index in [-0.39, 0.29) is 17.9 Å². The van der Waals surface area contributed by atoms with Gasteiger partial charge in [0.25, 0.3) is 0 Å². The van der Waals surface area contributed by atoms with Gasteiger partial charge in [0.15, 0.2) is 0 Å². The fourth-order valence-electron chi connectivity index (χ4n) is 4.39. The van der Waals surface area contributed by atoms with Crippen LogP contribution >= 0.6 is 0 Å². The molecular weight excluding hydrogens is 322 g/mol. The molecule has 3 aliphatic rings. The first-order chi connectivity index (χ1) is 12.1. The summed E-state index contributed by atoms with van der Waals surface area (Å²) in [6, 6.07) is 1.99. The van der Waals surface area contributed by atoms with Crippen LogP contribution in [0.15, 0.2) is 10.6 Å². The van der Waals surface area contributed by atoms with Crippen molar-refractivity contribution in [1.82, 2.24) is 15.0 Å². The van der Waals surface area contributed by atoms with E-state index in [0.717, 1.165) is 63.6 Å². The molecule has 25 heavy (non-hydrogen) atoms. The maximum Gasteiger partial charge on any atom is 0.248 e. The minimum Gasteiger partial charge on any atom is -0.380 e. The zero-order valence-electron chi connectivity index (χ0n) is 14.9. The van der Waals surface area contributed by atoms with Crippen molar-refractivity contribution in [2.45, 2.75) is 26.3 Å². The van der Waals surface area contributed by atoms with Gasteiger partial charge in [-0.25, -0.2) is 0 Å². The molecule has 1 aromatic rings. The van der Waals surface area contributed by atoms with E-state index in [4.69, 9.17) is 14.0 Å². The number of fused-ring (bicyclic) bond motifs is 1. The standard InChI is InChI=1S/C18H27N3O4/c1-14-6-16(19-25-14)8-20-7-15-9-23-12-18(15,11-20)13-24-10-17(22)21-4-2-3-5-21/h6,15H,2-5,7-13H2,1H3/t15-,18+/m1/s1. The van der Waals surface area contributed by atoms with Crippen LogP contribution in [0.4, 0.5) is 0 Å². The summed E-state index contributed by atoms with van der Waals surface area (Å²) in [6.45, 7) is 8.63. The van der Waals surface area contributed by atoms with Crippen LogP contribution in [-0.4, -0.2) is 73.5 Å². The zero-order chi connectivity index (χ0) is 17.3. The monoisotopic (exact) mass is 349 g/mol. The highest BCUT2D eigenvalue weighted by atomic mass is 16.5. The Labute approximate surface area is 148 Å². The topological polar surface area (TPSA) is 68.0 Å². The Morgan fingerprint density at radius 3 is 3.04 bits per heavy atom. The smallest absolute Gasteiger partial charge is 0.248 e. The van der Waals surface area contributed by atoms with E-state index in [1.807, 2.05) is 17.9 Å². The molecule has 3 aliphatic heterocycles. The highest BCUT2D eigenvalue weighted by Crippen LogP contribution is 2.42. The fraction of sp³-hybridized carbons (Fsp3) is 0.778. The Morgan fingerprint density at radius 2 is 2.28 bits per heavy atom. The van der Waals surface area contributed by atoms with Gasteiger partial charge in [0.2, 0.25) is 5.91 Å². The normalized spacial score (nSPS) is 29.5. The van der Waals surface area contributed by atoms with Crippen LogP contribution in [0.25, 0.3) is 0 Å². The molecular formula is C18H27N3O4. The zero-order valence-corrected chi connectivity index (χ0v) is 14.9. The molecule has 4 rings (SSSR count). The molecule has 0 bridgehead atoms. The lowest BCUT2D eigenvalue weighted by molar-refractivity contribution is -0.136. The van der Waals surface area contributed by atoms with Crippen molar-refractivity contribution in [1.29, 1.82) is 0 Å². The average molecular weight is 349 g/mol. The number of likely N-dealkylation sites (tertiary alicyclic amines) is 2. The molecule has 0 saturated carbocycles. The Hall–Kier alpha value is -1.44. The molecule has 138 valence electrons. The van der Waals surface area contributed by atoms with Crippen LogP contribution < -0.4 is 0 Å². The van der Waals surface area contributed by atoms with Crippen molar-refractivity contribution in [2.75, 3.05) is 52.6 Å². The summed E-state index contributed by atoms with van der Waals surface area (Å²) in [5.41, 5.74) is 0.975. The first-order valence-corrected chi connectivity index (χ1v) is 9.22. The molecule has 0 N–H and O–H groups in total. The number of nitrogens with zero attached hydrogens (tertiary/aromatic N) is 3. The van der Waals surface area contributed by atoms with Crippen LogP contribution in [0, 0.1) is 18.3 Å². The number of carbonyl (C=O) groups excluding carboxylic acids is 1. The molecule has 0 spiro atoms. The van der Waals surface area contributed by atoms with Crippen LogP contribution in [0.2, 0.25) is 0 Å². The molecule has 0 aromatic carbocycles. The summed E-state index contributed by atoms with van der Waals surface area (Å²) in [4.78, 5) is 16.5. The molecule has 3 fully saturated rings. The van der Waals surface area contributed by atoms with E-state index >= 15 is 0 Å². The lowest BCUT2D eigenvalue weighted by Crippen LogP contribution is -2.38. The first kappa shape index (κ1) is 17.0. The van der Waals surface area contributed by atoms with Crippen molar-refractivity contribution in [3.05, 3.63) is 17.5 Å². The van der Waals surface area contributed by atoms with Crippen molar-refractivity contribution in [3.8, 4) is 0 Å². The van der Waals surface area contributed by atoms with Crippen molar-refractivity contribution < 1.29 is 18.8 Å². The summed E-state index contributed by atoms with van der Waals surface area (Å²) in [6.07, 6.45) is 2.23. The van der Waals surface area contributed by atoms with Gasteiger partial charge in [-0.2, -0.15) is 0 Å². The number of rotatable bonds is 6. The van der Waals surface area contributed by atoms with Gasteiger partial charge in [-0.1, -0.05) is 5.16 Å². The van der Waals surface area contributed by atoms with Gasteiger partial charge >= 0.3 is 0 Å². The maximum absolute atomic E-state index is 12.2. The number of amides is 1. The van der Waals surface area contributed by atoms with Gasteiger partial charge in [0, 0.05) is 50.1 Å². The van der Waals surface area contributed by atoms with Gasteiger partial charge < -0.3 is 18.9 Å². The second kappa shape index (κ2) is 7.05. The number of carbonyl (C=O) groups is 1. The summed E-state index contributed by atoms with van der Waals surface area (Å²) >= 11 is 0. The fourth-order valence-corrected chi connectivity index (χ4v) is 4.39. The van der Waals surface area contributed by atoms with Gasteiger partial charge in [0.1, 0.15) is 12.4 Å². The van der Waals surface area contributed by atoms with E-state index in [9.17, 15) is 4.79 Å². The Bertz CT molecular complexity index is 613. The molecule has 2 atom stereocenters. The molecule has 0 unspecified atom stereocenters. The Morgan fingerprint density at radius 1 is 1.44 bits per heavy atom.